The molecule has 0 radical (unpaired) electrons. The molecule has 0 spiro atoms. The van der Waals surface area contributed by atoms with Crippen LogP contribution in [0.3, 0.4) is 0 Å². The fraction of sp³-hybridized carbons (Fsp3) is 0.400. The summed E-state index contributed by atoms with van der Waals surface area (Å²) in [5.41, 5.74) is 2.35. The lowest BCUT2D eigenvalue weighted by molar-refractivity contribution is 0.284. The molecule has 2 N–H and O–H groups in total. The second kappa shape index (κ2) is 6.36. The van der Waals surface area contributed by atoms with Crippen LogP contribution in [0.5, 0.6) is 0 Å². The summed E-state index contributed by atoms with van der Waals surface area (Å²) in [5.74, 6) is 0.928. The third-order valence-electron chi connectivity index (χ3n) is 3.03. The molecule has 2 aromatic rings. The summed E-state index contributed by atoms with van der Waals surface area (Å²) in [5, 5.41) is 13.3. The second-order valence-corrected chi connectivity index (χ2v) is 4.39. The Balaban J connectivity index is 2.26. The Kier molecular flexibility index (Phi) is 4.53. The zero-order valence-corrected chi connectivity index (χ0v) is 10.8. The zero-order valence-electron chi connectivity index (χ0n) is 10.8. The maximum Gasteiger partial charge on any atom is 0.126 e. The maximum atomic E-state index is 8.83. The van der Waals surface area contributed by atoms with E-state index in [2.05, 4.69) is 35.4 Å². The molecular formula is C15H20N2O. The third-order valence-corrected chi connectivity index (χ3v) is 3.03. The summed E-state index contributed by atoms with van der Waals surface area (Å²) >= 11 is 0. The van der Waals surface area contributed by atoms with Crippen molar-refractivity contribution in [2.75, 3.05) is 18.5 Å². The summed E-state index contributed by atoms with van der Waals surface area (Å²) < 4.78 is 0. The highest BCUT2D eigenvalue weighted by Crippen LogP contribution is 2.21. The van der Waals surface area contributed by atoms with E-state index < -0.39 is 0 Å². The van der Waals surface area contributed by atoms with Crippen LogP contribution >= 0.6 is 0 Å². The van der Waals surface area contributed by atoms with Crippen molar-refractivity contribution in [3.05, 3.63) is 35.9 Å². The normalized spacial score (nSPS) is 10.8. The van der Waals surface area contributed by atoms with Crippen LogP contribution in [-0.4, -0.2) is 23.2 Å². The highest BCUT2D eigenvalue weighted by atomic mass is 16.2. The summed E-state index contributed by atoms with van der Waals surface area (Å²) in [4.78, 5) is 4.59. The highest BCUT2D eigenvalue weighted by molar-refractivity contribution is 5.83. The Morgan fingerprint density at radius 1 is 1.17 bits per heavy atom. The molecule has 0 aliphatic heterocycles. The van der Waals surface area contributed by atoms with Gasteiger partial charge in [-0.2, -0.15) is 0 Å². The van der Waals surface area contributed by atoms with E-state index in [0.29, 0.717) is 0 Å². The number of benzene rings is 1. The number of anilines is 1. The standard InChI is InChI=1S/C15H20N2O/c1-2-16-15-10-9-13-12(6-3-4-11-18)7-5-8-14(13)17-15/h5,7-10,18H,2-4,6,11H2,1H3,(H,16,17). The van der Waals surface area contributed by atoms with Crippen LogP contribution in [0.2, 0.25) is 0 Å². The lowest BCUT2D eigenvalue weighted by atomic mass is 10.0. The summed E-state index contributed by atoms with van der Waals surface area (Å²) in [6.07, 6.45) is 2.88. The van der Waals surface area contributed by atoms with Gasteiger partial charge in [0, 0.05) is 18.5 Å². The quantitative estimate of drug-likeness (QED) is 0.768. The minimum atomic E-state index is 0.271. The number of aromatic nitrogens is 1. The number of aliphatic hydroxyl groups is 1. The molecule has 0 unspecified atom stereocenters. The fourth-order valence-corrected chi connectivity index (χ4v) is 2.14. The van der Waals surface area contributed by atoms with Gasteiger partial charge in [-0.05, 0) is 49.9 Å². The number of unbranched alkanes of at least 4 members (excludes halogenated alkanes) is 1. The van der Waals surface area contributed by atoms with Crippen molar-refractivity contribution in [3.8, 4) is 0 Å². The van der Waals surface area contributed by atoms with Gasteiger partial charge < -0.3 is 10.4 Å². The van der Waals surface area contributed by atoms with Gasteiger partial charge in [-0.15, -0.1) is 0 Å². The molecule has 0 atom stereocenters. The molecule has 2 rings (SSSR count). The Hall–Kier alpha value is -1.61. The van der Waals surface area contributed by atoms with Crippen LogP contribution < -0.4 is 5.32 Å². The van der Waals surface area contributed by atoms with Gasteiger partial charge >= 0.3 is 0 Å². The van der Waals surface area contributed by atoms with Crippen LogP contribution in [-0.2, 0) is 6.42 Å². The van der Waals surface area contributed by atoms with Crippen molar-refractivity contribution in [3.63, 3.8) is 0 Å². The van der Waals surface area contributed by atoms with Gasteiger partial charge in [-0.1, -0.05) is 12.1 Å². The van der Waals surface area contributed by atoms with Gasteiger partial charge in [-0.3, -0.25) is 0 Å². The van der Waals surface area contributed by atoms with Crippen molar-refractivity contribution in [2.45, 2.75) is 26.2 Å². The SMILES string of the molecule is CCNc1ccc2c(CCCCO)cccc2n1. The van der Waals surface area contributed by atoms with E-state index >= 15 is 0 Å². The van der Waals surface area contributed by atoms with E-state index in [1.165, 1.54) is 10.9 Å². The molecule has 0 aliphatic carbocycles. The van der Waals surface area contributed by atoms with Crippen molar-refractivity contribution in [1.82, 2.24) is 4.98 Å². The number of nitrogens with zero attached hydrogens (tertiary/aromatic N) is 1. The average molecular weight is 244 g/mol. The van der Waals surface area contributed by atoms with Crippen molar-refractivity contribution in [2.24, 2.45) is 0 Å². The van der Waals surface area contributed by atoms with Crippen molar-refractivity contribution in [1.29, 1.82) is 0 Å². The lowest BCUT2D eigenvalue weighted by Gasteiger charge is -2.08. The number of hydrogen-bond donors (Lipinski definition) is 2. The molecule has 1 aromatic heterocycles. The van der Waals surface area contributed by atoms with Gasteiger partial charge in [-0.25, -0.2) is 4.98 Å². The monoisotopic (exact) mass is 244 g/mol. The van der Waals surface area contributed by atoms with E-state index in [1.54, 1.807) is 0 Å². The number of fused-ring (bicyclic) bond motifs is 1. The molecule has 0 aliphatic rings. The van der Waals surface area contributed by atoms with Crippen LogP contribution in [0.1, 0.15) is 25.3 Å². The molecule has 0 bridgehead atoms. The molecule has 0 saturated carbocycles. The molecule has 0 fully saturated rings. The van der Waals surface area contributed by atoms with E-state index in [4.69, 9.17) is 5.11 Å². The van der Waals surface area contributed by atoms with Crippen LogP contribution in [0.25, 0.3) is 10.9 Å². The van der Waals surface area contributed by atoms with Gasteiger partial charge in [0.1, 0.15) is 5.82 Å². The van der Waals surface area contributed by atoms with E-state index in [1.807, 2.05) is 12.1 Å². The first-order chi connectivity index (χ1) is 8.85. The fourth-order valence-electron chi connectivity index (χ4n) is 2.14. The minimum absolute atomic E-state index is 0.271. The molecule has 0 amide bonds. The smallest absolute Gasteiger partial charge is 0.126 e. The average Bonchev–Trinajstić information content (AvgIpc) is 2.39. The Labute approximate surface area is 108 Å². The first-order valence-electron chi connectivity index (χ1n) is 6.58. The zero-order chi connectivity index (χ0) is 12.8. The number of rotatable bonds is 6. The molecule has 0 saturated heterocycles. The number of aliphatic hydroxyl groups excluding tert-OH is 1. The van der Waals surface area contributed by atoms with Gasteiger partial charge in [0.2, 0.25) is 0 Å². The first-order valence-corrected chi connectivity index (χ1v) is 6.58. The largest absolute Gasteiger partial charge is 0.396 e. The Morgan fingerprint density at radius 2 is 2.06 bits per heavy atom. The van der Waals surface area contributed by atoms with Gasteiger partial charge in [0.25, 0.3) is 0 Å². The highest BCUT2D eigenvalue weighted by Gasteiger charge is 2.03. The van der Waals surface area contributed by atoms with E-state index in [9.17, 15) is 0 Å². The molecule has 3 heteroatoms. The van der Waals surface area contributed by atoms with Crippen LogP contribution in [0, 0.1) is 0 Å². The Morgan fingerprint density at radius 3 is 2.83 bits per heavy atom. The molecule has 96 valence electrons. The number of pyridine rings is 1. The van der Waals surface area contributed by atoms with Gasteiger partial charge in [0.15, 0.2) is 0 Å². The minimum Gasteiger partial charge on any atom is -0.396 e. The predicted octanol–water partition coefficient (Wildman–Crippen LogP) is 2.98. The summed E-state index contributed by atoms with van der Waals surface area (Å²) in [6.45, 7) is 3.22. The first kappa shape index (κ1) is 12.8. The molecule has 1 heterocycles. The lowest BCUT2D eigenvalue weighted by Crippen LogP contribution is -1.99. The Bertz CT molecular complexity index is 511. The maximum absolute atomic E-state index is 8.83. The van der Waals surface area contributed by atoms with E-state index in [-0.39, 0.29) is 6.61 Å². The van der Waals surface area contributed by atoms with Crippen LogP contribution in [0.4, 0.5) is 5.82 Å². The number of nitrogens with one attached hydrogen (secondary N) is 1. The second-order valence-electron chi connectivity index (χ2n) is 4.39. The summed E-state index contributed by atoms with van der Waals surface area (Å²) in [6, 6.07) is 10.4. The van der Waals surface area contributed by atoms with Crippen LogP contribution in [0.15, 0.2) is 30.3 Å². The van der Waals surface area contributed by atoms with E-state index in [0.717, 1.165) is 37.1 Å². The van der Waals surface area contributed by atoms with Crippen molar-refractivity contribution >= 4 is 16.7 Å². The molecule has 18 heavy (non-hydrogen) atoms. The predicted molar refractivity (Wildman–Crippen MR) is 75.9 cm³/mol. The third kappa shape index (κ3) is 2.99. The molecule has 1 aromatic carbocycles. The molecule has 3 nitrogen and oxygen atoms in total. The number of hydrogen-bond acceptors (Lipinski definition) is 3. The molecular weight excluding hydrogens is 224 g/mol. The van der Waals surface area contributed by atoms with Crippen molar-refractivity contribution < 1.29 is 5.11 Å². The topological polar surface area (TPSA) is 45.1 Å². The number of aryl methyl sites for hydroxylation is 1. The summed E-state index contributed by atoms with van der Waals surface area (Å²) in [7, 11) is 0. The van der Waals surface area contributed by atoms with Gasteiger partial charge in [0.05, 0.1) is 5.52 Å².